The fraction of sp³-hybridized carbons (Fsp3) is 0. The van der Waals surface area contributed by atoms with Gasteiger partial charge < -0.3 is 4.42 Å². The molecule has 4 aromatic rings. The number of rotatable bonds is 1. The van der Waals surface area contributed by atoms with Gasteiger partial charge in [0.05, 0.1) is 5.39 Å². The molecule has 0 spiro atoms. The van der Waals surface area contributed by atoms with E-state index in [4.69, 9.17) is 16.0 Å². The summed E-state index contributed by atoms with van der Waals surface area (Å²) in [4.78, 5) is 4.35. The average molecular weight is 280 g/mol. The van der Waals surface area contributed by atoms with Gasteiger partial charge in [-0.3, -0.25) is 0 Å². The Kier molecular flexibility index (Phi) is 2.51. The summed E-state index contributed by atoms with van der Waals surface area (Å²) in [6, 6.07) is 18.1. The molecule has 2 nitrogen and oxygen atoms in total. The molecular formula is C17H10ClNO. The molecule has 4 rings (SSSR count). The van der Waals surface area contributed by atoms with Crippen molar-refractivity contribution in [1.29, 1.82) is 0 Å². The molecule has 0 aliphatic rings. The van der Waals surface area contributed by atoms with Crippen LogP contribution in [0.25, 0.3) is 33.0 Å². The Balaban J connectivity index is 2.17. The summed E-state index contributed by atoms with van der Waals surface area (Å²) in [5.41, 5.74) is 2.73. The first kappa shape index (κ1) is 11.5. The Morgan fingerprint density at radius 2 is 1.55 bits per heavy atom. The number of furan rings is 1. The monoisotopic (exact) mass is 279 g/mol. The van der Waals surface area contributed by atoms with Gasteiger partial charge in [-0.15, -0.1) is 0 Å². The van der Waals surface area contributed by atoms with E-state index < -0.39 is 0 Å². The number of hydrogen-bond acceptors (Lipinski definition) is 2. The third kappa shape index (κ3) is 1.62. The van der Waals surface area contributed by atoms with Gasteiger partial charge in [-0.2, -0.15) is 0 Å². The topological polar surface area (TPSA) is 26.0 Å². The number of fused-ring (bicyclic) bond motifs is 3. The zero-order valence-electron chi connectivity index (χ0n) is 10.5. The second-order valence-corrected chi connectivity index (χ2v) is 5.00. The maximum absolute atomic E-state index is 6.22. The van der Waals surface area contributed by atoms with Gasteiger partial charge in [0.25, 0.3) is 0 Å². The van der Waals surface area contributed by atoms with Crippen molar-refractivity contribution >= 4 is 33.5 Å². The number of pyridine rings is 1. The Hall–Kier alpha value is -2.32. The zero-order chi connectivity index (χ0) is 13.5. The van der Waals surface area contributed by atoms with Crippen LogP contribution in [0.4, 0.5) is 0 Å². The van der Waals surface area contributed by atoms with Crippen LogP contribution in [0.3, 0.4) is 0 Å². The summed E-state index contributed by atoms with van der Waals surface area (Å²) >= 11 is 6.22. The van der Waals surface area contributed by atoms with E-state index >= 15 is 0 Å². The van der Waals surface area contributed by atoms with E-state index in [0.29, 0.717) is 10.9 Å². The summed E-state index contributed by atoms with van der Waals surface area (Å²) in [6.45, 7) is 0. The molecule has 0 radical (unpaired) electrons. The first-order valence-electron chi connectivity index (χ1n) is 6.35. The highest BCUT2D eigenvalue weighted by Crippen LogP contribution is 2.36. The van der Waals surface area contributed by atoms with Crippen molar-refractivity contribution in [3.63, 3.8) is 0 Å². The Morgan fingerprint density at radius 3 is 2.35 bits per heavy atom. The lowest BCUT2D eigenvalue weighted by atomic mass is 10.0. The van der Waals surface area contributed by atoms with Crippen LogP contribution < -0.4 is 0 Å². The van der Waals surface area contributed by atoms with E-state index in [0.717, 1.165) is 27.3 Å². The van der Waals surface area contributed by atoms with Crippen LogP contribution >= 0.6 is 11.6 Å². The highest BCUT2D eigenvalue weighted by molar-refractivity contribution is 6.36. The fourth-order valence-electron chi connectivity index (χ4n) is 2.55. The van der Waals surface area contributed by atoms with Gasteiger partial charge in [-0.1, -0.05) is 66.2 Å². The SMILES string of the molecule is Clc1nc2occ(-c3ccccc3)c2c2ccccc12. The van der Waals surface area contributed by atoms with Crippen molar-refractivity contribution < 1.29 is 4.42 Å². The van der Waals surface area contributed by atoms with Crippen molar-refractivity contribution in [3.8, 4) is 11.1 Å². The molecular weight excluding hydrogens is 270 g/mol. The Morgan fingerprint density at radius 1 is 0.850 bits per heavy atom. The van der Waals surface area contributed by atoms with Crippen molar-refractivity contribution in [2.45, 2.75) is 0 Å². The van der Waals surface area contributed by atoms with Gasteiger partial charge >= 0.3 is 0 Å². The highest BCUT2D eigenvalue weighted by Gasteiger charge is 2.14. The van der Waals surface area contributed by atoms with E-state index in [1.165, 1.54) is 0 Å². The maximum Gasteiger partial charge on any atom is 0.228 e. The van der Waals surface area contributed by atoms with Crippen LogP contribution in [-0.2, 0) is 0 Å². The number of hydrogen-bond donors (Lipinski definition) is 0. The third-order valence-corrected chi connectivity index (χ3v) is 3.76. The van der Waals surface area contributed by atoms with E-state index in [9.17, 15) is 0 Å². The largest absolute Gasteiger partial charge is 0.445 e. The highest BCUT2D eigenvalue weighted by atomic mass is 35.5. The average Bonchev–Trinajstić information content (AvgIpc) is 2.92. The quantitative estimate of drug-likeness (QED) is 0.442. The third-order valence-electron chi connectivity index (χ3n) is 3.47. The minimum atomic E-state index is 0.474. The van der Waals surface area contributed by atoms with E-state index in [1.54, 1.807) is 6.26 Å². The van der Waals surface area contributed by atoms with E-state index in [-0.39, 0.29) is 0 Å². The first-order valence-corrected chi connectivity index (χ1v) is 6.73. The zero-order valence-corrected chi connectivity index (χ0v) is 11.3. The van der Waals surface area contributed by atoms with Crippen molar-refractivity contribution in [1.82, 2.24) is 4.98 Å². The molecule has 0 saturated heterocycles. The fourth-order valence-corrected chi connectivity index (χ4v) is 2.79. The molecule has 3 heteroatoms. The Labute approximate surface area is 120 Å². The second-order valence-electron chi connectivity index (χ2n) is 4.64. The summed E-state index contributed by atoms with van der Waals surface area (Å²) in [5.74, 6) is 0. The minimum absolute atomic E-state index is 0.474. The molecule has 0 bridgehead atoms. The molecule has 0 atom stereocenters. The standard InChI is InChI=1S/C17H10ClNO/c18-16-13-9-5-4-8-12(13)15-14(10-20-17(15)19-16)11-6-2-1-3-7-11/h1-10H. The lowest BCUT2D eigenvalue weighted by Gasteiger charge is -2.03. The van der Waals surface area contributed by atoms with Crippen molar-refractivity contribution in [2.75, 3.05) is 0 Å². The van der Waals surface area contributed by atoms with Crippen LogP contribution in [0, 0.1) is 0 Å². The maximum atomic E-state index is 6.22. The normalized spacial score (nSPS) is 11.2. The second kappa shape index (κ2) is 4.36. The van der Waals surface area contributed by atoms with Crippen molar-refractivity contribution in [2.24, 2.45) is 0 Å². The Bertz CT molecular complexity index is 912. The predicted octanol–water partition coefficient (Wildman–Crippen LogP) is 5.30. The molecule has 2 aromatic heterocycles. The van der Waals surface area contributed by atoms with Gasteiger partial charge in [0.1, 0.15) is 11.4 Å². The van der Waals surface area contributed by atoms with Gasteiger partial charge in [-0.05, 0) is 10.9 Å². The van der Waals surface area contributed by atoms with Gasteiger partial charge in [0.2, 0.25) is 5.71 Å². The number of nitrogens with zero attached hydrogens (tertiary/aromatic N) is 1. The number of benzene rings is 2. The van der Waals surface area contributed by atoms with E-state index in [2.05, 4.69) is 17.1 Å². The van der Waals surface area contributed by atoms with Crippen LogP contribution in [0.15, 0.2) is 65.3 Å². The van der Waals surface area contributed by atoms with E-state index in [1.807, 2.05) is 42.5 Å². The predicted molar refractivity (Wildman–Crippen MR) is 82.0 cm³/mol. The van der Waals surface area contributed by atoms with Crippen LogP contribution in [0.1, 0.15) is 0 Å². The summed E-state index contributed by atoms with van der Waals surface area (Å²) < 4.78 is 5.60. The summed E-state index contributed by atoms with van der Waals surface area (Å²) in [6.07, 6.45) is 1.75. The lowest BCUT2D eigenvalue weighted by molar-refractivity contribution is 0.604. The smallest absolute Gasteiger partial charge is 0.228 e. The molecule has 2 aromatic carbocycles. The van der Waals surface area contributed by atoms with Crippen LogP contribution in [-0.4, -0.2) is 4.98 Å². The molecule has 0 fully saturated rings. The van der Waals surface area contributed by atoms with Crippen LogP contribution in [0.5, 0.6) is 0 Å². The molecule has 0 saturated carbocycles. The molecule has 20 heavy (non-hydrogen) atoms. The summed E-state index contributed by atoms with van der Waals surface area (Å²) in [7, 11) is 0. The minimum Gasteiger partial charge on any atom is -0.445 e. The van der Waals surface area contributed by atoms with Gasteiger partial charge in [-0.25, -0.2) is 4.98 Å². The summed E-state index contributed by atoms with van der Waals surface area (Å²) in [5, 5.41) is 3.49. The molecule has 0 N–H and O–H groups in total. The molecule has 0 unspecified atom stereocenters. The molecule has 2 heterocycles. The molecule has 96 valence electrons. The molecule has 0 aliphatic carbocycles. The number of halogens is 1. The van der Waals surface area contributed by atoms with Gasteiger partial charge in [0.15, 0.2) is 0 Å². The molecule has 0 aliphatic heterocycles. The number of aromatic nitrogens is 1. The van der Waals surface area contributed by atoms with Crippen LogP contribution in [0.2, 0.25) is 5.15 Å². The molecule has 0 amide bonds. The van der Waals surface area contributed by atoms with Gasteiger partial charge in [0, 0.05) is 10.9 Å². The van der Waals surface area contributed by atoms with Crippen molar-refractivity contribution in [3.05, 3.63) is 66.0 Å². The first-order chi connectivity index (χ1) is 9.84. The lowest BCUT2D eigenvalue weighted by Crippen LogP contribution is -1.83.